The minimum absolute atomic E-state index is 0.00986. The number of nitrogens with one attached hydrogen (secondary N) is 1. The minimum atomic E-state index is -3.73. The lowest BCUT2D eigenvalue weighted by Gasteiger charge is -2.15. The standard InChI is InChI=1S/C11H14BrN3O4S/c12-9-7-8(20(13,17)18)1-2-10(9)19-6-5-15-4-3-14-11(15)16/h1-2,7H,3-6H2,(H,14,16)(H2,13,17,18). The van der Waals surface area contributed by atoms with E-state index in [2.05, 4.69) is 21.2 Å². The molecule has 2 rings (SSSR count). The lowest BCUT2D eigenvalue weighted by atomic mass is 10.3. The third-order valence-corrected chi connectivity index (χ3v) is 4.33. The van der Waals surface area contributed by atoms with Crippen LogP contribution in [-0.2, 0) is 10.0 Å². The van der Waals surface area contributed by atoms with Crippen LogP contribution in [0.25, 0.3) is 0 Å². The summed E-state index contributed by atoms with van der Waals surface area (Å²) in [5.41, 5.74) is 0. The first-order valence-corrected chi connectivity index (χ1v) is 8.20. The van der Waals surface area contributed by atoms with Crippen molar-refractivity contribution in [2.75, 3.05) is 26.2 Å². The molecule has 0 radical (unpaired) electrons. The van der Waals surface area contributed by atoms with Gasteiger partial charge in [0.05, 0.1) is 15.9 Å². The van der Waals surface area contributed by atoms with Crippen molar-refractivity contribution in [2.45, 2.75) is 4.90 Å². The Balaban J connectivity index is 1.95. The Bertz CT molecular complexity index is 620. The van der Waals surface area contributed by atoms with Crippen LogP contribution in [0.15, 0.2) is 27.6 Å². The lowest BCUT2D eigenvalue weighted by Crippen LogP contribution is -2.31. The summed E-state index contributed by atoms with van der Waals surface area (Å²) in [6, 6.07) is 4.18. The number of hydrogen-bond acceptors (Lipinski definition) is 4. The van der Waals surface area contributed by atoms with Crippen LogP contribution in [-0.4, -0.2) is 45.6 Å². The number of carbonyl (C=O) groups excluding carboxylic acids is 1. The summed E-state index contributed by atoms with van der Waals surface area (Å²) < 4.78 is 28.4. The van der Waals surface area contributed by atoms with Gasteiger partial charge in [-0.3, -0.25) is 0 Å². The van der Waals surface area contributed by atoms with Crippen LogP contribution in [0.3, 0.4) is 0 Å². The van der Waals surface area contributed by atoms with Crippen LogP contribution in [0.2, 0.25) is 0 Å². The van der Waals surface area contributed by atoms with Gasteiger partial charge in [-0.25, -0.2) is 18.4 Å². The molecule has 0 spiro atoms. The summed E-state index contributed by atoms with van der Waals surface area (Å²) in [5.74, 6) is 0.497. The molecular weight excluding hydrogens is 350 g/mol. The number of urea groups is 1. The van der Waals surface area contributed by atoms with Crippen molar-refractivity contribution in [3.8, 4) is 5.75 Å². The average Bonchev–Trinajstić information content (AvgIpc) is 2.76. The van der Waals surface area contributed by atoms with Crippen LogP contribution in [0.4, 0.5) is 4.79 Å². The molecule has 2 amide bonds. The molecule has 1 aromatic carbocycles. The van der Waals surface area contributed by atoms with E-state index < -0.39 is 10.0 Å². The number of hydrogen-bond donors (Lipinski definition) is 2. The topological polar surface area (TPSA) is 102 Å². The largest absolute Gasteiger partial charge is 0.491 e. The fourth-order valence-corrected chi connectivity index (χ4v) is 2.95. The Morgan fingerprint density at radius 3 is 2.75 bits per heavy atom. The number of ether oxygens (including phenoxy) is 1. The molecule has 1 heterocycles. The van der Waals surface area contributed by atoms with Crippen molar-refractivity contribution in [1.29, 1.82) is 0 Å². The minimum Gasteiger partial charge on any atom is -0.491 e. The summed E-state index contributed by atoms with van der Waals surface area (Å²) in [4.78, 5) is 13.0. The first-order chi connectivity index (χ1) is 9.38. The van der Waals surface area contributed by atoms with E-state index in [9.17, 15) is 13.2 Å². The van der Waals surface area contributed by atoms with Gasteiger partial charge in [-0.15, -0.1) is 0 Å². The van der Waals surface area contributed by atoms with Gasteiger partial charge >= 0.3 is 6.03 Å². The maximum atomic E-state index is 11.3. The third-order valence-electron chi connectivity index (χ3n) is 2.80. The van der Waals surface area contributed by atoms with Crippen molar-refractivity contribution < 1.29 is 17.9 Å². The summed E-state index contributed by atoms with van der Waals surface area (Å²) in [6.45, 7) is 2.09. The molecule has 0 aliphatic carbocycles. The number of primary sulfonamides is 1. The molecule has 1 saturated heterocycles. The van der Waals surface area contributed by atoms with Gasteiger partial charge in [0, 0.05) is 13.1 Å². The number of amides is 2. The van der Waals surface area contributed by atoms with E-state index in [1.165, 1.54) is 18.2 Å². The van der Waals surface area contributed by atoms with Crippen LogP contribution < -0.4 is 15.2 Å². The smallest absolute Gasteiger partial charge is 0.317 e. The van der Waals surface area contributed by atoms with Crippen LogP contribution in [0.5, 0.6) is 5.75 Å². The number of rotatable bonds is 5. The number of nitrogens with zero attached hydrogens (tertiary/aromatic N) is 1. The van der Waals surface area contributed by atoms with Crippen LogP contribution >= 0.6 is 15.9 Å². The van der Waals surface area contributed by atoms with E-state index in [0.717, 1.165) is 0 Å². The molecule has 0 atom stereocenters. The van der Waals surface area contributed by atoms with Crippen molar-refractivity contribution >= 4 is 32.0 Å². The summed E-state index contributed by atoms with van der Waals surface area (Å²) in [5, 5.41) is 7.73. The summed E-state index contributed by atoms with van der Waals surface area (Å²) in [7, 11) is -3.73. The zero-order valence-electron chi connectivity index (χ0n) is 10.5. The first kappa shape index (κ1) is 15.1. The monoisotopic (exact) mass is 363 g/mol. The zero-order valence-corrected chi connectivity index (χ0v) is 12.9. The van der Waals surface area contributed by atoms with Crippen molar-refractivity contribution in [3.05, 3.63) is 22.7 Å². The maximum Gasteiger partial charge on any atom is 0.317 e. The molecule has 1 fully saturated rings. The second-order valence-electron chi connectivity index (χ2n) is 4.20. The highest BCUT2D eigenvalue weighted by Crippen LogP contribution is 2.27. The molecular formula is C11H14BrN3O4S. The Kier molecular flexibility index (Phi) is 4.51. The molecule has 1 aliphatic heterocycles. The maximum absolute atomic E-state index is 11.3. The van der Waals surface area contributed by atoms with Gasteiger partial charge in [0.15, 0.2) is 0 Å². The molecule has 20 heavy (non-hydrogen) atoms. The number of benzene rings is 1. The summed E-state index contributed by atoms with van der Waals surface area (Å²) >= 11 is 3.23. The number of halogens is 1. The SMILES string of the molecule is NS(=O)(=O)c1ccc(OCCN2CCNC2=O)c(Br)c1. The van der Waals surface area contributed by atoms with Crippen LogP contribution in [0, 0.1) is 0 Å². The summed E-state index contributed by atoms with van der Waals surface area (Å²) in [6.07, 6.45) is 0. The molecule has 0 aromatic heterocycles. The molecule has 0 saturated carbocycles. The van der Waals surface area contributed by atoms with E-state index in [1.54, 1.807) is 4.90 Å². The molecule has 1 aromatic rings. The fourth-order valence-electron chi connectivity index (χ4n) is 1.77. The van der Waals surface area contributed by atoms with Crippen LogP contribution in [0.1, 0.15) is 0 Å². The van der Waals surface area contributed by atoms with Gasteiger partial charge in [0.1, 0.15) is 12.4 Å². The molecule has 110 valence electrons. The second kappa shape index (κ2) is 5.98. The van der Waals surface area contributed by atoms with Gasteiger partial charge in [-0.2, -0.15) is 0 Å². The highest BCUT2D eigenvalue weighted by molar-refractivity contribution is 9.10. The molecule has 9 heteroatoms. The predicted molar refractivity (Wildman–Crippen MR) is 76.0 cm³/mol. The Morgan fingerprint density at radius 2 is 2.20 bits per heavy atom. The molecule has 1 aliphatic rings. The van der Waals surface area contributed by atoms with E-state index in [0.29, 0.717) is 36.5 Å². The second-order valence-corrected chi connectivity index (χ2v) is 6.62. The van der Waals surface area contributed by atoms with E-state index in [-0.39, 0.29) is 10.9 Å². The van der Waals surface area contributed by atoms with Gasteiger partial charge < -0.3 is 15.0 Å². The average molecular weight is 364 g/mol. The Labute approximate surface area is 125 Å². The molecule has 3 N–H and O–H groups in total. The van der Waals surface area contributed by atoms with Crippen molar-refractivity contribution in [3.63, 3.8) is 0 Å². The Hall–Kier alpha value is -1.32. The molecule has 0 bridgehead atoms. The number of carbonyl (C=O) groups is 1. The number of sulfonamides is 1. The lowest BCUT2D eigenvalue weighted by molar-refractivity contribution is 0.202. The zero-order chi connectivity index (χ0) is 14.8. The number of nitrogens with two attached hydrogens (primary N) is 1. The van der Waals surface area contributed by atoms with Gasteiger partial charge in [-0.1, -0.05) is 0 Å². The fraction of sp³-hybridized carbons (Fsp3) is 0.364. The highest BCUT2D eigenvalue weighted by Gasteiger charge is 2.19. The van der Waals surface area contributed by atoms with E-state index >= 15 is 0 Å². The van der Waals surface area contributed by atoms with Crippen molar-refractivity contribution in [1.82, 2.24) is 10.2 Å². The van der Waals surface area contributed by atoms with Crippen molar-refractivity contribution in [2.24, 2.45) is 5.14 Å². The van der Waals surface area contributed by atoms with E-state index in [1.807, 2.05) is 0 Å². The van der Waals surface area contributed by atoms with E-state index in [4.69, 9.17) is 9.88 Å². The third kappa shape index (κ3) is 3.62. The predicted octanol–water partition coefficient (Wildman–Crippen LogP) is 0.501. The van der Waals surface area contributed by atoms with Gasteiger partial charge in [0.2, 0.25) is 10.0 Å². The van der Waals surface area contributed by atoms with Gasteiger partial charge in [-0.05, 0) is 34.1 Å². The molecule has 7 nitrogen and oxygen atoms in total. The highest BCUT2D eigenvalue weighted by atomic mass is 79.9. The Morgan fingerprint density at radius 1 is 1.45 bits per heavy atom. The quantitative estimate of drug-likeness (QED) is 0.794. The molecule has 0 unspecified atom stereocenters. The van der Waals surface area contributed by atoms with Gasteiger partial charge in [0.25, 0.3) is 0 Å². The first-order valence-electron chi connectivity index (χ1n) is 5.86. The normalized spacial score (nSPS) is 15.3.